The number of nitrogens with two attached hydrogens (primary N) is 1. The molecular formula is C19H17N3O3. The highest BCUT2D eigenvalue weighted by Gasteiger charge is 2.05. The first-order valence-electron chi connectivity index (χ1n) is 7.49. The zero-order chi connectivity index (χ0) is 18.2. The summed E-state index contributed by atoms with van der Waals surface area (Å²) in [5.74, 6) is -0.556. The van der Waals surface area contributed by atoms with Gasteiger partial charge >= 0.3 is 0 Å². The lowest BCUT2D eigenvalue weighted by Gasteiger charge is -2.08. The third-order valence-corrected chi connectivity index (χ3v) is 3.25. The molecule has 0 saturated carbocycles. The fourth-order valence-corrected chi connectivity index (χ4v) is 2.05. The van der Waals surface area contributed by atoms with E-state index in [9.17, 15) is 9.59 Å². The van der Waals surface area contributed by atoms with Gasteiger partial charge in [-0.25, -0.2) is 0 Å². The van der Waals surface area contributed by atoms with Crippen LogP contribution >= 0.6 is 0 Å². The van der Waals surface area contributed by atoms with Crippen LogP contribution in [0.25, 0.3) is 6.08 Å². The molecule has 6 heteroatoms. The van der Waals surface area contributed by atoms with Crippen molar-refractivity contribution in [3.05, 3.63) is 65.2 Å². The topological polar surface area (TPSA) is 105 Å². The lowest BCUT2D eigenvalue weighted by Crippen LogP contribution is -2.20. The van der Waals surface area contributed by atoms with Crippen molar-refractivity contribution in [3.8, 4) is 11.8 Å². The highest BCUT2D eigenvalue weighted by Crippen LogP contribution is 2.15. The van der Waals surface area contributed by atoms with Crippen molar-refractivity contribution < 1.29 is 14.3 Å². The molecule has 0 atom stereocenters. The molecule has 0 unspecified atom stereocenters. The van der Waals surface area contributed by atoms with Crippen LogP contribution in [0.15, 0.2) is 54.1 Å². The normalized spacial score (nSPS) is 10.6. The average molecular weight is 335 g/mol. The molecule has 0 radical (unpaired) electrons. The number of aryl methyl sites for hydroxylation is 1. The Labute approximate surface area is 145 Å². The molecule has 2 amide bonds. The van der Waals surface area contributed by atoms with E-state index in [0.29, 0.717) is 17.0 Å². The third-order valence-electron chi connectivity index (χ3n) is 3.25. The van der Waals surface area contributed by atoms with Crippen LogP contribution in [0, 0.1) is 18.3 Å². The Hall–Kier alpha value is -3.59. The maximum Gasteiger partial charge on any atom is 0.262 e. The second-order valence-corrected chi connectivity index (χ2v) is 5.31. The smallest absolute Gasteiger partial charge is 0.262 e. The number of carbonyl (C=O) groups excluding carboxylic acids is 2. The number of amides is 2. The first-order valence-corrected chi connectivity index (χ1v) is 7.49. The van der Waals surface area contributed by atoms with Gasteiger partial charge in [0.15, 0.2) is 6.61 Å². The van der Waals surface area contributed by atoms with E-state index in [2.05, 4.69) is 5.32 Å². The van der Waals surface area contributed by atoms with E-state index in [1.54, 1.807) is 36.4 Å². The number of benzene rings is 2. The lowest BCUT2D eigenvalue weighted by molar-refractivity contribution is -0.118. The molecule has 0 bridgehead atoms. The lowest BCUT2D eigenvalue weighted by atomic mass is 10.1. The molecule has 0 aromatic heterocycles. The van der Waals surface area contributed by atoms with E-state index in [0.717, 1.165) is 5.56 Å². The number of primary amides is 1. The van der Waals surface area contributed by atoms with Crippen LogP contribution in [0.4, 0.5) is 5.69 Å². The summed E-state index contributed by atoms with van der Waals surface area (Å²) in [6.07, 6.45) is 1.39. The largest absolute Gasteiger partial charge is 0.484 e. The Balaban J connectivity index is 1.92. The second-order valence-electron chi connectivity index (χ2n) is 5.31. The van der Waals surface area contributed by atoms with E-state index in [1.807, 2.05) is 25.1 Å². The zero-order valence-electron chi connectivity index (χ0n) is 13.7. The minimum atomic E-state index is -0.782. The Morgan fingerprint density at radius 1 is 1.24 bits per heavy atom. The fourth-order valence-electron chi connectivity index (χ4n) is 2.05. The fraction of sp³-hybridized carbons (Fsp3) is 0.105. The standard InChI is InChI=1S/C19H17N3O3/c1-13-3-2-4-16(9-13)22-18(23)12-25-17-7-5-14(6-8-17)10-15(11-20)19(21)24/h2-10H,12H2,1H3,(H2,21,24)(H,22,23)/b15-10+. The SMILES string of the molecule is Cc1cccc(NC(=O)COc2ccc(/C=C(\C#N)C(N)=O)cc2)c1. The van der Waals surface area contributed by atoms with Crippen LogP contribution < -0.4 is 15.8 Å². The molecule has 3 N–H and O–H groups in total. The van der Waals surface area contributed by atoms with Gasteiger partial charge < -0.3 is 15.8 Å². The highest BCUT2D eigenvalue weighted by atomic mass is 16.5. The van der Waals surface area contributed by atoms with Crippen LogP contribution in [-0.4, -0.2) is 18.4 Å². The van der Waals surface area contributed by atoms with Gasteiger partial charge in [0.05, 0.1) is 0 Å². The van der Waals surface area contributed by atoms with E-state index < -0.39 is 5.91 Å². The van der Waals surface area contributed by atoms with Crippen molar-refractivity contribution in [2.24, 2.45) is 5.73 Å². The van der Waals surface area contributed by atoms with Gasteiger partial charge in [-0.2, -0.15) is 5.26 Å². The van der Waals surface area contributed by atoms with Crippen LogP contribution in [0.1, 0.15) is 11.1 Å². The molecule has 126 valence electrons. The first-order chi connectivity index (χ1) is 12.0. The van der Waals surface area contributed by atoms with Crippen molar-refractivity contribution in [2.75, 3.05) is 11.9 Å². The van der Waals surface area contributed by atoms with E-state index in [4.69, 9.17) is 15.7 Å². The second kappa shape index (κ2) is 8.31. The van der Waals surface area contributed by atoms with Gasteiger partial charge in [0.25, 0.3) is 11.8 Å². The summed E-state index contributed by atoms with van der Waals surface area (Å²) in [6, 6.07) is 15.8. The van der Waals surface area contributed by atoms with Gasteiger partial charge in [0.2, 0.25) is 0 Å². The number of carbonyl (C=O) groups is 2. The molecular weight excluding hydrogens is 318 g/mol. The molecule has 0 aliphatic rings. The summed E-state index contributed by atoms with van der Waals surface area (Å²) >= 11 is 0. The van der Waals surface area contributed by atoms with Crippen molar-refractivity contribution in [3.63, 3.8) is 0 Å². The number of rotatable bonds is 6. The summed E-state index contributed by atoms with van der Waals surface area (Å²) in [7, 11) is 0. The molecule has 0 aliphatic carbocycles. The minimum Gasteiger partial charge on any atom is -0.484 e. The van der Waals surface area contributed by atoms with Crippen LogP contribution in [0.3, 0.4) is 0 Å². The van der Waals surface area contributed by atoms with E-state index in [-0.39, 0.29) is 18.1 Å². The Kier molecular flexibility index (Phi) is 5.91. The molecule has 0 heterocycles. The first kappa shape index (κ1) is 17.8. The molecule has 2 rings (SSSR count). The number of nitrogens with zero attached hydrogens (tertiary/aromatic N) is 1. The number of hydrogen-bond donors (Lipinski definition) is 2. The van der Waals surface area contributed by atoms with Crippen molar-refractivity contribution >= 4 is 23.6 Å². The van der Waals surface area contributed by atoms with Crippen LogP contribution in [0.5, 0.6) is 5.75 Å². The summed E-state index contributed by atoms with van der Waals surface area (Å²) < 4.78 is 5.41. The number of ether oxygens (including phenoxy) is 1. The highest BCUT2D eigenvalue weighted by molar-refractivity contribution is 6.00. The maximum atomic E-state index is 11.9. The molecule has 0 saturated heterocycles. The van der Waals surface area contributed by atoms with E-state index in [1.165, 1.54) is 6.08 Å². The van der Waals surface area contributed by atoms with Gasteiger partial charge in [-0.05, 0) is 48.4 Å². The van der Waals surface area contributed by atoms with Gasteiger partial charge in [0.1, 0.15) is 17.4 Å². The molecule has 2 aromatic rings. The molecule has 25 heavy (non-hydrogen) atoms. The van der Waals surface area contributed by atoms with Gasteiger partial charge in [-0.15, -0.1) is 0 Å². The Morgan fingerprint density at radius 2 is 1.96 bits per heavy atom. The van der Waals surface area contributed by atoms with Gasteiger partial charge in [-0.3, -0.25) is 9.59 Å². The molecule has 2 aromatic carbocycles. The molecule has 6 nitrogen and oxygen atoms in total. The van der Waals surface area contributed by atoms with Crippen molar-refractivity contribution in [1.82, 2.24) is 0 Å². The van der Waals surface area contributed by atoms with Crippen LogP contribution in [0.2, 0.25) is 0 Å². The summed E-state index contributed by atoms with van der Waals surface area (Å²) in [5, 5.41) is 11.6. The molecule has 0 spiro atoms. The number of hydrogen-bond acceptors (Lipinski definition) is 4. The maximum absolute atomic E-state index is 11.9. The quantitative estimate of drug-likeness (QED) is 0.624. The third kappa shape index (κ3) is 5.52. The van der Waals surface area contributed by atoms with Gasteiger partial charge in [-0.1, -0.05) is 24.3 Å². The molecule has 0 aliphatic heterocycles. The van der Waals surface area contributed by atoms with Crippen LogP contribution in [-0.2, 0) is 9.59 Å². The monoisotopic (exact) mass is 335 g/mol. The van der Waals surface area contributed by atoms with Crippen molar-refractivity contribution in [1.29, 1.82) is 5.26 Å². The predicted octanol–water partition coefficient (Wildman–Crippen LogP) is 2.40. The Morgan fingerprint density at radius 3 is 2.56 bits per heavy atom. The summed E-state index contributed by atoms with van der Waals surface area (Å²) in [4.78, 5) is 22.9. The Bertz CT molecular complexity index is 849. The number of nitriles is 1. The summed E-state index contributed by atoms with van der Waals surface area (Å²) in [5.41, 5.74) is 7.34. The molecule has 0 fully saturated rings. The van der Waals surface area contributed by atoms with Crippen molar-refractivity contribution in [2.45, 2.75) is 6.92 Å². The zero-order valence-corrected chi connectivity index (χ0v) is 13.7. The number of anilines is 1. The summed E-state index contributed by atoms with van der Waals surface area (Å²) in [6.45, 7) is 1.81. The van der Waals surface area contributed by atoms with Gasteiger partial charge in [0, 0.05) is 5.69 Å². The van der Waals surface area contributed by atoms with E-state index >= 15 is 0 Å². The predicted molar refractivity (Wildman–Crippen MR) is 94.5 cm³/mol. The average Bonchev–Trinajstić information content (AvgIpc) is 2.58. The minimum absolute atomic E-state index is 0.131. The number of nitrogens with one attached hydrogen (secondary N) is 1.